The molecule has 0 saturated heterocycles. The highest BCUT2D eigenvalue weighted by molar-refractivity contribution is 6.42. The van der Waals surface area contributed by atoms with Crippen LogP contribution in [0.1, 0.15) is 43.6 Å². The highest BCUT2D eigenvalue weighted by Crippen LogP contribution is 2.26. The fourth-order valence-electron chi connectivity index (χ4n) is 2.82. The number of aliphatic hydroxyl groups excluding tert-OH is 1. The Kier molecular flexibility index (Phi) is 9.35. The van der Waals surface area contributed by atoms with Crippen molar-refractivity contribution < 1.29 is 24.2 Å². The van der Waals surface area contributed by atoms with Gasteiger partial charge in [-0.1, -0.05) is 43.1 Å². The van der Waals surface area contributed by atoms with Gasteiger partial charge in [-0.05, 0) is 61.7 Å². The van der Waals surface area contributed by atoms with Crippen LogP contribution in [-0.2, 0) is 20.9 Å². The number of ether oxygens (including phenoxy) is 1. The molecular formula is C26H30Cl2N2O5. The first-order valence-electron chi connectivity index (χ1n) is 10.9. The molecule has 2 aromatic carbocycles. The first-order chi connectivity index (χ1) is 16.2. The lowest BCUT2D eigenvalue weighted by atomic mass is 9.95. The molecule has 2 rings (SSSR count). The van der Waals surface area contributed by atoms with E-state index in [1.807, 2.05) is 13.8 Å². The van der Waals surface area contributed by atoms with Gasteiger partial charge < -0.3 is 19.6 Å². The van der Waals surface area contributed by atoms with Crippen molar-refractivity contribution in [3.8, 4) is 0 Å². The number of carbonyl (C=O) groups excluding carboxylic acids is 3. The Bertz CT molecular complexity index is 1130. The predicted molar refractivity (Wildman–Crippen MR) is 138 cm³/mol. The molecule has 0 spiro atoms. The molecule has 0 radical (unpaired) electrons. The molecule has 0 aromatic heterocycles. The largest absolute Gasteiger partial charge is 0.502 e. The summed E-state index contributed by atoms with van der Waals surface area (Å²) in [5, 5.41) is 11.0. The summed E-state index contributed by atoms with van der Waals surface area (Å²) in [6.45, 7) is 7.26. The van der Waals surface area contributed by atoms with E-state index in [1.54, 1.807) is 70.4 Å². The highest BCUT2D eigenvalue weighted by Gasteiger charge is 2.29. The van der Waals surface area contributed by atoms with E-state index >= 15 is 0 Å². The van der Waals surface area contributed by atoms with Crippen LogP contribution in [0.25, 0.3) is 0 Å². The summed E-state index contributed by atoms with van der Waals surface area (Å²) in [5.41, 5.74) is 0.712. The zero-order valence-corrected chi connectivity index (χ0v) is 22.1. The average Bonchev–Trinajstić information content (AvgIpc) is 2.78. The quantitative estimate of drug-likeness (QED) is 0.276. The maximum absolute atomic E-state index is 13.2. The molecule has 2 amide bonds. The molecule has 0 unspecified atom stereocenters. The van der Waals surface area contributed by atoms with Crippen LogP contribution < -0.4 is 4.90 Å². The molecule has 9 heteroatoms. The first-order valence-corrected chi connectivity index (χ1v) is 11.7. The molecule has 35 heavy (non-hydrogen) atoms. The Morgan fingerprint density at radius 1 is 1.03 bits per heavy atom. The van der Waals surface area contributed by atoms with Crippen molar-refractivity contribution >= 4 is 46.7 Å². The van der Waals surface area contributed by atoms with Crippen molar-refractivity contribution in [1.29, 1.82) is 0 Å². The second-order valence-electron chi connectivity index (χ2n) is 9.10. The van der Waals surface area contributed by atoms with Crippen LogP contribution in [-0.4, -0.2) is 47.5 Å². The van der Waals surface area contributed by atoms with Crippen molar-refractivity contribution in [2.75, 3.05) is 19.0 Å². The molecule has 0 fully saturated rings. The zero-order valence-electron chi connectivity index (χ0n) is 20.6. The molecular weight excluding hydrogens is 491 g/mol. The van der Waals surface area contributed by atoms with Gasteiger partial charge in [-0.3, -0.25) is 9.59 Å². The van der Waals surface area contributed by atoms with Crippen LogP contribution in [0, 0.1) is 5.92 Å². The van der Waals surface area contributed by atoms with Gasteiger partial charge in [-0.2, -0.15) is 0 Å². The molecule has 0 aliphatic carbocycles. The number of hydrogen-bond acceptors (Lipinski definition) is 5. The average molecular weight is 521 g/mol. The maximum atomic E-state index is 13.2. The van der Waals surface area contributed by atoms with Crippen LogP contribution in [0.15, 0.2) is 54.3 Å². The number of hydrogen-bond donors (Lipinski definition) is 1. The van der Waals surface area contributed by atoms with Gasteiger partial charge in [0, 0.05) is 25.3 Å². The van der Waals surface area contributed by atoms with E-state index in [1.165, 1.54) is 9.80 Å². The van der Waals surface area contributed by atoms with Gasteiger partial charge in [0.1, 0.15) is 5.60 Å². The van der Waals surface area contributed by atoms with Crippen LogP contribution in [0.4, 0.5) is 5.69 Å². The lowest BCUT2D eigenvalue weighted by molar-refractivity contribution is -0.158. The lowest BCUT2D eigenvalue weighted by Crippen LogP contribution is -2.35. The van der Waals surface area contributed by atoms with Crippen molar-refractivity contribution in [1.82, 2.24) is 4.90 Å². The van der Waals surface area contributed by atoms with Crippen molar-refractivity contribution in [2.24, 2.45) is 5.92 Å². The molecule has 2 aromatic rings. The van der Waals surface area contributed by atoms with Gasteiger partial charge >= 0.3 is 5.97 Å². The number of rotatable bonds is 8. The van der Waals surface area contributed by atoms with Gasteiger partial charge in [0.15, 0.2) is 0 Å². The summed E-state index contributed by atoms with van der Waals surface area (Å²) in [5.74, 6) is -2.68. The zero-order chi connectivity index (χ0) is 26.5. The Morgan fingerprint density at radius 2 is 1.63 bits per heavy atom. The normalized spacial score (nSPS) is 11.9. The number of anilines is 1. The second-order valence-corrected chi connectivity index (χ2v) is 9.91. The second kappa shape index (κ2) is 11.6. The topological polar surface area (TPSA) is 87.1 Å². The molecule has 0 bridgehead atoms. The Labute approximate surface area is 215 Å². The molecule has 7 nitrogen and oxygen atoms in total. The summed E-state index contributed by atoms with van der Waals surface area (Å²) in [7, 11) is 3.28. The fourth-order valence-corrected chi connectivity index (χ4v) is 3.14. The van der Waals surface area contributed by atoms with Crippen molar-refractivity contribution in [2.45, 2.75) is 39.8 Å². The van der Waals surface area contributed by atoms with Crippen LogP contribution in [0.3, 0.4) is 0 Å². The summed E-state index contributed by atoms with van der Waals surface area (Å²) in [6, 6.07) is 11.3. The minimum absolute atomic E-state index is 0.00973. The summed E-state index contributed by atoms with van der Waals surface area (Å²) < 4.78 is 5.36. The number of halogens is 2. The van der Waals surface area contributed by atoms with E-state index in [2.05, 4.69) is 0 Å². The number of benzene rings is 2. The third-order valence-electron chi connectivity index (χ3n) is 5.64. The third kappa shape index (κ3) is 7.47. The van der Waals surface area contributed by atoms with Crippen LogP contribution in [0.2, 0.25) is 10.0 Å². The van der Waals surface area contributed by atoms with E-state index in [0.29, 0.717) is 26.9 Å². The summed E-state index contributed by atoms with van der Waals surface area (Å²) >= 11 is 12.1. The Morgan fingerprint density at radius 3 is 2.14 bits per heavy atom. The Balaban J connectivity index is 2.40. The predicted octanol–water partition coefficient (Wildman–Crippen LogP) is 5.65. The van der Waals surface area contributed by atoms with Gasteiger partial charge in [-0.15, -0.1) is 0 Å². The van der Waals surface area contributed by atoms with E-state index < -0.39 is 23.2 Å². The smallest absolute Gasteiger partial charge is 0.374 e. The number of amides is 2. The molecule has 188 valence electrons. The SMILES string of the molecule is CC(C)C(C)(C)OC(=O)/C(O)=C/C(=O)N(Cc1ccc(Cl)c(Cl)c1)c1ccc(C(=O)N(C)C)cc1. The standard InChI is InChI=1S/C26H30Cl2N2O5/c1-16(2)26(3,4)35-25(34)22(31)14-23(32)30(15-17-7-12-20(27)21(28)13-17)19-10-8-18(9-11-19)24(33)29(5)6/h7-14,16,31H,15H2,1-6H3/b22-14-. The van der Waals surface area contributed by atoms with Gasteiger partial charge in [0.2, 0.25) is 5.76 Å². The molecule has 1 N–H and O–H groups in total. The van der Waals surface area contributed by atoms with Gasteiger partial charge in [-0.25, -0.2) is 4.79 Å². The van der Waals surface area contributed by atoms with Gasteiger partial charge in [0.25, 0.3) is 11.8 Å². The molecule has 0 saturated carbocycles. The molecule has 0 heterocycles. The molecule has 0 aliphatic rings. The summed E-state index contributed by atoms with van der Waals surface area (Å²) in [4.78, 5) is 40.6. The van der Waals surface area contributed by atoms with Crippen molar-refractivity contribution in [3.05, 3.63) is 75.5 Å². The number of carbonyl (C=O) groups is 3. The van der Waals surface area contributed by atoms with E-state index in [4.69, 9.17) is 27.9 Å². The van der Waals surface area contributed by atoms with Gasteiger partial charge in [0.05, 0.1) is 22.7 Å². The van der Waals surface area contributed by atoms with E-state index in [0.717, 1.165) is 6.08 Å². The van der Waals surface area contributed by atoms with E-state index in [9.17, 15) is 19.5 Å². The first kappa shape index (κ1) is 28.2. The fraction of sp³-hybridized carbons (Fsp3) is 0.346. The maximum Gasteiger partial charge on any atom is 0.374 e. The number of nitrogens with zero attached hydrogens (tertiary/aromatic N) is 2. The van der Waals surface area contributed by atoms with E-state index in [-0.39, 0.29) is 18.4 Å². The monoisotopic (exact) mass is 520 g/mol. The Hall–Kier alpha value is -3.03. The highest BCUT2D eigenvalue weighted by atomic mass is 35.5. The minimum atomic E-state index is -1.00. The lowest BCUT2D eigenvalue weighted by Gasteiger charge is -2.29. The van der Waals surface area contributed by atoms with Crippen LogP contribution in [0.5, 0.6) is 0 Å². The number of aliphatic hydroxyl groups is 1. The van der Waals surface area contributed by atoms with Crippen molar-refractivity contribution in [3.63, 3.8) is 0 Å². The molecule has 0 aliphatic heterocycles. The molecule has 0 atom stereocenters. The number of esters is 1. The minimum Gasteiger partial charge on any atom is -0.502 e. The third-order valence-corrected chi connectivity index (χ3v) is 6.38. The van der Waals surface area contributed by atoms with Crippen LogP contribution >= 0.6 is 23.2 Å². The summed E-state index contributed by atoms with van der Waals surface area (Å²) in [6.07, 6.45) is 0.815.